The van der Waals surface area contributed by atoms with Gasteiger partial charge in [-0.2, -0.15) is 0 Å². The van der Waals surface area contributed by atoms with Crippen LogP contribution in [0.4, 0.5) is 10.3 Å². The molecule has 0 radical (unpaired) electrons. The Morgan fingerprint density at radius 2 is 1.86 bits per heavy atom. The summed E-state index contributed by atoms with van der Waals surface area (Å²) >= 11 is 0. The Kier molecular flexibility index (Phi) is 5.52. The van der Waals surface area contributed by atoms with Crippen molar-refractivity contribution in [2.24, 2.45) is 5.92 Å². The number of carbonyl (C=O) groups excluding carboxylic acids is 1. The van der Waals surface area contributed by atoms with E-state index in [0.29, 0.717) is 68.1 Å². The van der Waals surface area contributed by atoms with Gasteiger partial charge in [0.1, 0.15) is 5.82 Å². The molecule has 7 heteroatoms. The molecule has 0 saturated carbocycles. The van der Waals surface area contributed by atoms with Gasteiger partial charge in [0, 0.05) is 37.9 Å². The van der Waals surface area contributed by atoms with Crippen LogP contribution in [0.5, 0.6) is 0 Å². The maximum atomic E-state index is 14.6. The molecule has 6 nitrogen and oxygen atoms in total. The number of hydrogen-bond acceptors (Lipinski definition) is 5. The topological polar surface area (TPSA) is 58.6 Å². The predicted molar refractivity (Wildman–Crippen MR) is 105 cm³/mol. The number of benzene rings is 1. The van der Waals surface area contributed by atoms with Gasteiger partial charge >= 0.3 is 0 Å². The Morgan fingerprint density at radius 3 is 2.57 bits per heavy atom. The second kappa shape index (κ2) is 8.22. The molecule has 0 spiro atoms. The van der Waals surface area contributed by atoms with E-state index in [1.807, 2.05) is 9.80 Å². The number of carbonyl (C=O) groups is 1. The fourth-order valence-electron chi connectivity index (χ4n) is 3.69. The molecule has 0 aliphatic carbocycles. The van der Waals surface area contributed by atoms with Crippen molar-refractivity contribution in [3.63, 3.8) is 0 Å². The molecule has 1 amide bonds. The SMILES string of the molecule is CC1CCN(C(=O)c2cnc(N3CCOCC3)nc2-c2ccccc2F)CC1. The molecule has 2 saturated heterocycles. The lowest BCUT2D eigenvalue weighted by atomic mass is 9.98. The van der Waals surface area contributed by atoms with E-state index in [2.05, 4.69) is 16.9 Å². The summed E-state index contributed by atoms with van der Waals surface area (Å²) in [5.41, 5.74) is 1.04. The van der Waals surface area contributed by atoms with Crippen LogP contribution in [-0.2, 0) is 4.74 Å². The monoisotopic (exact) mass is 384 g/mol. The van der Waals surface area contributed by atoms with Gasteiger partial charge in [0.2, 0.25) is 5.95 Å². The van der Waals surface area contributed by atoms with E-state index in [4.69, 9.17) is 4.74 Å². The first-order valence-corrected chi connectivity index (χ1v) is 9.87. The smallest absolute Gasteiger partial charge is 0.257 e. The lowest BCUT2D eigenvalue weighted by Crippen LogP contribution is -2.39. The third kappa shape index (κ3) is 3.85. The van der Waals surface area contributed by atoms with Crippen LogP contribution in [0.3, 0.4) is 0 Å². The number of piperidine rings is 1. The Labute approximate surface area is 164 Å². The molecule has 3 heterocycles. The fourth-order valence-corrected chi connectivity index (χ4v) is 3.69. The molecule has 2 fully saturated rings. The molecular weight excluding hydrogens is 359 g/mol. The number of morpholine rings is 1. The lowest BCUT2D eigenvalue weighted by Gasteiger charge is -2.31. The Morgan fingerprint density at radius 1 is 1.14 bits per heavy atom. The van der Waals surface area contributed by atoms with Crippen molar-refractivity contribution in [1.82, 2.24) is 14.9 Å². The molecule has 0 atom stereocenters. The van der Waals surface area contributed by atoms with Gasteiger partial charge in [-0.05, 0) is 30.9 Å². The molecule has 0 unspecified atom stereocenters. The largest absolute Gasteiger partial charge is 0.378 e. The first-order valence-electron chi connectivity index (χ1n) is 9.87. The minimum atomic E-state index is -0.393. The van der Waals surface area contributed by atoms with Crippen molar-refractivity contribution in [3.8, 4) is 11.3 Å². The molecule has 2 aromatic rings. The summed E-state index contributed by atoms with van der Waals surface area (Å²) in [6.45, 7) is 6.18. The lowest BCUT2D eigenvalue weighted by molar-refractivity contribution is 0.0697. The normalized spacial score (nSPS) is 18.4. The zero-order valence-corrected chi connectivity index (χ0v) is 16.1. The third-order valence-corrected chi connectivity index (χ3v) is 5.50. The van der Waals surface area contributed by atoms with Gasteiger partial charge in [-0.15, -0.1) is 0 Å². The number of hydrogen-bond donors (Lipinski definition) is 0. The molecule has 0 bridgehead atoms. The number of halogens is 1. The van der Waals surface area contributed by atoms with Gasteiger partial charge in [0.15, 0.2) is 0 Å². The number of aromatic nitrogens is 2. The second-order valence-corrected chi connectivity index (χ2v) is 7.49. The van der Waals surface area contributed by atoms with Crippen LogP contribution < -0.4 is 4.90 Å². The Bertz CT molecular complexity index is 846. The minimum Gasteiger partial charge on any atom is -0.378 e. The summed E-state index contributed by atoms with van der Waals surface area (Å²) in [6, 6.07) is 6.45. The second-order valence-electron chi connectivity index (χ2n) is 7.49. The molecule has 148 valence electrons. The molecular formula is C21H25FN4O2. The number of anilines is 1. The van der Waals surface area contributed by atoms with Crippen molar-refractivity contribution in [2.45, 2.75) is 19.8 Å². The van der Waals surface area contributed by atoms with Gasteiger partial charge in [0.25, 0.3) is 5.91 Å². The van der Waals surface area contributed by atoms with E-state index in [-0.39, 0.29) is 5.91 Å². The van der Waals surface area contributed by atoms with Crippen LogP contribution in [0.15, 0.2) is 30.5 Å². The summed E-state index contributed by atoms with van der Waals surface area (Å²) in [6.07, 6.45) is 3.51. The summed E-state index contributed by atoms with van der Waals surface area (Å²) in [4.78, 5) is 26.1. The maximum Gasteiger partial charge on any atom is 0.257 e. The van der Waals surface area contributed by atoms with Crippen molar-refractivity contribution in [1.29, 1.82) is 0 Å². The molecule has 0 N–H and O–H groups in total. The van der Waals surface area contributed by atoms with Gasteiger partial charge in [-0.1, -0.05) is 19.1 Å². The first-order chi connectivity index (χ1) is 13.6. The van der Waals surface area contributed by atoms with Crippen LogP contribution in [0.2, 0.25) is 0 Å². The number of ether oxygens (including phenoxy) is 1. The first kappa shape index (κ1) is 18.8. The highest BCUT2D eigenvalue weighted by atomic mass is 19.1. The van der Waals surface area contributed by atoms with Gasteiger partial charge in [-0.3, -0.25) is 4.79 Å². The molecule has 2 aliphatic rings. The van der Waals surface area contributed by atoms with Crippen molar-refractivity contribution in [3.05, 3.63) is 41.8 Å². The Balaban J connectivity index is 1.72. The van der Waals surface area contributed by atoms with Crippen molar-refractivity contribution >= 4 is 11.9 Å². The zero-order valence-electron chi connectivity index (χ0n) is 16.1. The number of nitrogens with zero attached hydrogens (tertiary/aromatic N) is 4. The zero-order chi connectivity index (χ0) is 19.5. The van der Waals surface area contributed by atoms with E-state index < -0.39 is 5.82 Å². The summed E-state index contributed by atoms with van der Waals surface area (Å²) < 4.78 is 20.0. The van der Waals surface area contributed by atoms with Gasteiger partial charge < -0.3 is 14.5 Å². The molecule has 1 aromatic carbocycles. The number of amides is 1. The standard InChI is InChI=1S/C21H25FN4O2/c1-15-6-8-25(9-7-15)20(27)17-14-23-21(26-10-12-28-13-11-26)24-19(17)16-4-2-3-5-18(16)22/h2-5,14-15H,6-13H2,1H3. The van der Waals surface area contributed by atoms with Crippen LogP contribution in [0.1, 0.15) is 30.1 Å². The summed E-state index contributed by atoms with van der Waals surface area (Å²) in [5, 5.41) is 0. The molecule has 4 rings (SSSR count). The van der Waals surface area contributed by atoms with E-state index in [1.165, 1.54) is 6.07 Å². The number of rotatable bonds is 3. The van der Waals surface area contributed by atoms with E-state index in [9.17, 15) is 9.18 Å². The predicted octanol–water partition coefficient (Wildman–Crippen LogP) is 2.99. The molecule has 2 aliphatic heterocycles. The van der Waals surface area contributed by atoms with Crippen LogP contribution >= 0.6 is 0 Å². The number of likely N-dealkylation sites (tertiary alicyclic amines) is 1. The van der Waals surface area contributed by atoms with E-state index >= 15 is 0 Å². The maximum absolute atomic E-state index is 14.6. The highest BCUT2D eigenvalue weighted by molar-refractivity contribution is 6.00. The Hall–Kier alpha value is -2.54. The van der Waals surface area contributed by atoms with Gasteiger partial charge in [0.05, 0.1) is 24.5 Å². The van der Waals surface area contributed by atoms with E-state index in [0.717, 1.165) is 12.8 Å². The van der Waals surface area contributed by atoms with Crippen LogP contribution in [0, 0.1) is 11.7 Å². The van der Waals surface area contributed by atoms with Crippen molar-refractivity contribution in [2.75, 3.05) is 44.3 Å². The van der Waals surface area contributed by atoms with Crippen molar-refractivity contribution < 1.29 is 13.9 Å². The molecule has 1 aromatic heterocycles. The quantitative estimate of drug-likeness (QED) is 0.814. The average molecular weight is 384 g/mol. The summed E-state index contributed by atoms with van der Waals surface area (Å²) in [5.74, 6) is 0.606. The van der Waals surface area contributed by atoms with Crippen LogP contribution in [-0.4, -0.2) is 60.2 Å². The van der Waals surface area contributed by atoms with Crippen LogP contribution in [0.25, 0.3) is 11.3 Å². The minimum absolute atomic E-state index is 0.126. The van der Waals surface area contributed by atoms with Gasteiger partial charge in [-0.25, -0.2) is 14.4 Å². The highest BCUT2D eigenvalue weighted by Gasteiger charge is 2.27. The highest BCUT2D eigenvalue weighted by Crippen LogP contribution is 2.28. The third-order valence-electron chi connectivity index (χ3n) is 5.50. The summed E-state index contributed by atoms with van der Waals surface area (Å²) in [7, 11) is 0. The fraction of sp³-hybridized carbons (Fsp3) is 0.476. The van der Waals surface area contributed by atoms with E-state index in [1.54, 1.807) is 24.4 Å². The average Bonchev–Trinajstić information content (AvgIpc) is 2.74. The molecule has 28 heavy (non-hydrogen) atoms.